The van der Waals surface area contributed by atoms with Crippen molar-refractivity contribution in [2.24, 2.45) is 5.16 Å². The Balaban J connectivity index is 1.98. The Morgan fingerprint density at radius 2 is 1.73 bits per heavy atom. The SMILES string of the molecule is COc1cccc(/C=N/O)c1OCCOc1ccccc1C. The van der Waals surface area contributed by atoms with Crippen LogP contribution in [0.5, 0.6) is 17.2 Å². The van der Waals surface area contributed by atoms with Crippen LogP contribution in [0.4, 0.5) is 0 Å². The molecule has 2 aromatic rings. The molecular formula is C17H19NO4. The maximum Gasteiger partial charge on any atom is 0.170 e. The standard InChI is InChI=1S/C17H19NO4/c1-13-6-3-4-8-15(13)21-10-11-22-17-14(12-18-19)7-5-9-16(17)20-2/h3-9,12,19H,10-11H2,1-2H3/b18-12+. The number of benzene rings is 2. The van der Waals surface area contributed by atoms with Gasteiger partial charge in [0.05, 0.1) is 13.3 Å². The van der Waals surface area contributed by atoms with E-state index in [0.717, 1.165) is 11.3 Å². The van der Waals surface area contributed by atoms with Gasteiger partial charge in [0.15, 0.2) is 11.5 Å². The summed E-state index contributed by atoms with van der Waals surface area (Å²) in [5, 5.41) is 11.7. The zero-order chi connectivity index (χ0) is 15.8. The largest absolute Gasteiger partial charge is 0.493 e. The van der Waals surface area contributed by atoms with E-state index in [1.807, 2.05) is 31.2 Å². The average Bonchev–Trinajstić information content (AvgIpc) is 2.54. The topological polar surface area (TPSA) is 60.3 Å². The Morgan fingerprint density at radius 3 is 2.45 bits per heavy atom. The van der Waals surface area contributed by atoms with Crippen molar-refractivity contribution >= 4 is 6.21 Å². The number of ether oxygens (including phenoxy) is 3. The lowest BCUT2D eigenvalue weighted by Crippen LogP contribution is -2.11. The van der Waals surface area contributed by atoms with Gasteiger partial charge >= 0.3 is 0 Å². The van der Waals surface area contributed by atoms with Crippen LogP contribution in [0, 0.1) is 6.92 Å². The Bertz CT molecular complexity index is 640. The lowest BCUT2D eigenvalue weighted by molar-refractivity contribution is 0.210. The quantitative estimate of drug-likeness (QED) is 0.369. The molecule has 22 heavy (non-hydrogen) atoms. The molecule has 0 atom stereocenters. The fraction of sp³-hybridized carbons (Fsp3) is 0.235. The zero-order valence-electron chi connectivity index (χ0n) is 12.7. The molecule has 5 heteroatoms. The van der Waals surface area contributed by atoms with Crippen molar-refractivity contribution in [3.8, 4) is 17.2 Å². The molecule has 0 spiro atoms. The van der Waals surface area contributed by atoms with Gasteiger partial charge in [-0.05, 0) is 30.7 Å². The number of nitrogens with zero attached hydrogens (tertiary/aromatic N) is 1. The van der Waals surface area contributed by atoms with Gasteiger partial charge in [0.2, 0.25) is 0 Å². The summed E-state index contributed by atoms with van der Waals surface area (Å²) in [6, 6.07) is 13.2. The minimum atomic E-state index is 0.348. The molecule has 0 aliphatic rings. The van der Waals surface area contributed by atoms with E-state index in [-0.39, 0.29) is 0 Å². The number of aryl methyl sites for hydroxylation is 1. The van der Waals surface area contributed by atoms with Crippen LogP contribution in [0.25, 0.3) is 0 Å². The summed E-state index contributed by atoms with van der Waals surface area (Å²) < 4.78 is 16.7. The van der Waals surface area contributed by atoms with Gasteiger partial charge in [0, 0.05) is 5.56 Å². The fourth-order valence-corrected chi connectivity index (χ4v) is 2.03. The minimum absolute atomic E-state index is 0.348. The lowest BCUT2D eigenvalue weighted by atomic mass is 10.2. The molecule has 5 nitrogen and oxygen atoms in total. The molecule has 0 heterocycles. The molecule has 0 fully saturated rings. The molecule has 0 bridgehead atoms. The van der Waals surface area contributed by atoms with Crippen molar-refractivity contribution in [3.05, 3.63) is 53.6 Å². The van der Waals surface area contributed by atoms with Crippen LogP contribution in [-0.4, -0.2) is 31.7 Å². The summed E-state index contributed by atoms with van der Waals surface area (Å²) >= 11 is 0. The third-order valence-corrected chi connectivity index (χ3v) is 3.11. The molecule has 1 N–H and O–H groups in total. The molecule has 0 aromatic heterocycles. The Morgan fingerprint density at radius 1 is 1.00 bits per heavy atom. The van der Waals surface area contributed by atoms with Crippen LogP contribution >= 0.6 is 0 Å². The molecule has 116 valence electrons. The van der Waals surface area contributed by atoms with E-state index in [1.165, 1.54) is 6.21 Å². The van der Waals surface area contributed by atoms with Gasteiger partial charge in [-0.15, -0.1) is 0 Å². The molecule has 0 saturated carbocycles. The van der Waals surface area contributed by atoms with E-state index >= 15 is 0 Å². The summed E-state index contributed by atoms with van der Waals surface area (Å²) in [5.74, 6) is 1.94. The van der Waals surface area contributed by atoms with Crippen LogP contribution in [0.3, 0.4) is 0 Å². The number of para-hydroxylation sites is 2. The van der Waals surface area contributed by atoms with E-state index in [0.29, 0.717) is 30.3 Å². The number of rotatable bonds is 7. The maximum absolute atomic E-state index is 8.71. The van der Waals surface area contributed by atoms with E-state index in [9.17, 15) is 0 Å². The first-order valence-corrected chi connectivity index (χ1v) is 6.92. The lowest BCUT2D eigenvalue weighted by Gasteiger charge is -2.14. The van der Waals surface area contributed by atoms with Crippen molar-refractivity contribution in [1.29, 1.82) is 0 Å². The highest BCUT2D eigenvalue weighted by Gasteiger charge is 2.09. The summed E-state index contributed by atoms with van der Waals surface area (Å²) in [5.41, 5.74) is 1.71. The third-order valence-electron chi connectivity index (χ3n) is 3.11. The summed E-state index contributed by atoms with van der Waals surface area (Å²) in [6.07, 6.45) is 1.31. The van der Waals surface area contributed by atoms with Gasteiger partial charge in [-0.1, -0.05) is 29.4 Å². The average molecular weight is 301 g/mol. The predicted octanol–water partition coefficient (Wildman–Crippen LogP) is 3.27. The van der Waals surface area contributed by atoms with Gasteiger partial charge < -0.3 is 19.4 Å². The Hall–Kier alpha value is -2.69. The first kappa shape index (κ1) is 15.7. The van der Waals surface area contributed by atoms with E-state index < -0.39 is 0 Å². The first-order valence-electron chi connectivity index (χ1n) is 6.92. The van der Waals surface area contributed by atoms with Crippen LogP contribution in [0.1, 0.15) is 11.1 Å². The number of hydrogen-bond donors (Lipinski definition) is 1. The Labute approximate surface area is 129 Å². The van der Waals surface area contributed by atoms with Crippen LogP contribution < -0.4 is 14.2 Å². The maximum atomic E-state index is 8.71. The normalized spacial score (nSPS) is 10.6. The minimum Gasteiger partial charge on any atom is -0.493 e. The molecule has 0 aliphatic carbocycles. The highest BCUT2D eigenvalue weighted by Crippen LogP contribution is 2.30. The molecule has 0 aliphatic heterocycles. The highest BCUT2D eigenvalue weighted by atomic mass is 16.5. The molecule has 2 rings (SSSR count). The van der Waals surface area contributed by atoms with Gasteiger partial charge in [-0.25, -0.2) is 0 Å². The smallest absolute Gasteiger partial charge is 0.170 e. The van der Waals surface area contributed by atoms with Crippen molar-refractivity contribution in [3.63, 3.8) is 0 Å². The second-order valence-electron chi connectivity index (χ2n) is 4.59. The van der Waals surface area contributed by atoms with E-state index in [4.69, 9.17) is 19.4 Å². The third kappa shape index (κ3) is 3.91. The van der Waals surface area contributed by atoms with Crippen molar-refractivity contribution in [2.45, 2.75) is 6.92 Å². The van der Waals surface area contributed by atoms with Gasteiger partial charge in [-0.2, -0.15) is 0 Å². The summed E-state index contributed by atoms with van der Waals surface area (Å²) in [7, 11) is 1.56. The fourth-order valence-electron chi connectivity index (χ4n) is 2.03. The van der Waals surface area contributed by atoms with Gasteiger partial charge in [-0.3, -0.25) is 0 Å². The van der Waals surface area contributed by atoms with E-state index in [2.05, 4.69) is 5.16 Å². The van der Waals surface area contributed by atoms with Crippen molar-refractivity contribution in [2.75, 3.05) is 20.3 Å². The first-order chi connectivity index (χ1) is 10.8. The highest BCUT2D eigenvalue weighted by molar-refractivity contribution is 5.84. The molecule has 0 saturated heterocycles. The second kappa shape index (κ2) is 7.93. The number of hydrogen-bond acceptors (Lipinski definition) is 5. The van der Waals surface area contributed by atoms with E-state index in [1.54, 1.807) is 25.3 Å². The monoisotopic (exact) mass is 301 g/mol. The zero-order valence-corrected chi connectivity index (χ0v) is 12.7. The summed E-state index contributed by atoms with van der Waals surface area (Å²) in [6.45, 7) is 2.74. The van der Waals surface area contributed by atoms with Gasteiger partial charge in [0.1, 0.15) is 19.0 Å². The van der Waals surface area contributed by atoms with Crippen molar-refractivity contribution < 1.29 is 19.4 Å². The summed E-state index contributed by atoms with van der Waals surface area (Å²) in [4.78, 5) is 0. The molecule has 2 aromatic carbocycles. The van der Waals surface area contributed by atoms with Crippen LogP contribution in [-0.2, 0) is 0 Å². The number of oxime groups is 1. The molecule has 0 unspecified atom stereocenters. The number of methoxy groups -OCH3 is 1. The van der Waals surface area contributed by atoms with Gasteiger partial charge in [0.25, 0.3) is 0 Å². The van der Waals surface area contributed by atoms with Crippen molar-refractivity contribution in [1.82, 2.24) is 0 Å². The molecule has 0 radical (unpaired) electrons. The molecule has 0 amide bonds. The Kier molecular flexibility index (Phi) is 5.65. The predicted molar refractivity (Wildman–Crippen MR) is 84.5 cm³/mol. The van der Waals surface area contributed by atoms with Crippen LogP contribution in [0.15, 0.2) is 47.6 Å². The van der Waals surface area contributed by atoms with Crippen LogP contribution in [0.2, 0.25) is 0 Å². The second-order valence-corrected chi connectivity index (χ2v) is 4.59. The molecular weight excluding hydrogens is 282 g/mol.